The third-order valence-electron chi connectivity index (χ3n) is 6.77. The quantitative estimate of drug-likeness (QED) is 0.264. The average molecular weight is 605 g/mol. The van der Waals surface area contributed by atoms with Gasteiger partial charge in [0.05, 0.1) is 31.6 Å². The second-order valence-electron chi connectivity index (χ2n) is 9.55. The molecule has 0 aliphatic carbocycles. The molecule has 12 heteroatoms. The number of nitrogens with one attached hydrogen (secondary N) is 1. The van der Waals surface area contributed by atoms with Gasteiger partial charge < -0.3 is 24.3 Å². The molecule has 9 nitrogen and oxygen atoms in total. The molecule has 0 spiro atoms. The number of nitrogens with zero attached hydrogens (tertiary/aromatic N) is 1. The van der Waals surface area contributed by atoms with Crippen LogP contribution < -0.4 is 20.3 Å². The largest absolute Gasteiger partial charge is 0.495 e. The predicted molar refractivity (Wildman–Crippen MR) is 153 cm³/mol. The van der Waals surface area contributed by atoms with E-state index in [1.165, 1.54) is 54.3 Å². The molecular formula is C30H31ClF2N2O7. The molecule has 1 saturated heterocycles. The van der Waals surface area contributed by atoms with Crippen LogP contribution in [0, 0.1) is 0 Å². The lowest BCUT2D eigenvalue weighted by atomic mass is 10.00. The number of benzene rings is 2. The van der Waals surface area contributed by atoms with Crippen LogP contribution in [0.2, 0.25) is 5.02 Å². The van der Waals surface area contributed by atoms with Gasteiger partial charge in [-0.2, -0.15) is 8.78 Å². The summed E-state index contributed by atoms with van der Waals surface area (Å²) in [6.07, 6.45) is 3.85. The molecule has 224 valence electrons. The van der Waals surface area contributed by atoms with Crippen LogP contribution in [0.3, 0.4) is 0 Å². The van der Waals surface area contributed by atoms with E-state index in [-0.39, 0.29) is 46.8 Å². The SMILES string of the molecule is CCOC(=O)c1ccc(NC(=O)C(CC2CCCCO2)n2cc(OC)c(-c3cc(Cl)ccc3OC(F)F)cc2=O)cc1. The highest BCUT2D eigenvalue weighted by Gasteiger charge is 2.29. The van der Waals surface area contributed by atoms with E-state index in [4.69, 9.17) is 25.8 Å². The number of anilines is 1. The maximum Gasteiger partial charge on any atom is 0.387 e. The lowest BCUT2D eigenvalue weighted by molar-refractivity contribution is -0.121. The van der Waals surface area contributed by atoms with E-state index in [0.717, 1.165) is 19.3 Å². The first kappa shape index (κ1) is 31.0. The Kier molecular flexibility index (Phi) is 10.5. The summed E-state index contributed by atoms with van der Waals surface area (Å²) in [6, 6.07) is 10.4. The van der Waals surface area contributed by atoms with Crippen molar-refractivity contribution in [2.75, 3.05) is 25.6 Å². The molecule has 3 aromatic rings. The van der Waals surface area contributed by atoms with Crippen molar-refractivity contribution in [1.82, 2.24) is 4.57 Å². The molecule has 1 fully saturated rings. The first-order valence-electron chi connectivity index (χ1n) is 13.4. The fourth-order valence-electron chi connectivity index (χ4n) is 4.78. The molecule has 1 amide bonds. The normalized spacial score (nSPS) is 15.6. The summed E-state index contributed by atoms with van der Waals surface area (Å²) in [5.74, 6) is -1.03. The summed E-state index contributed by atoms with van der Waals surface area (Å²) >= 11 is 6.13. The molecule has 2 heterocycles. The highest BCUT2D eigenvalue weighted by Crippen LogP contribution is 2.38. The predicted octanol–water partition coefficient (Wildman–Crippen LogP) is 6.09. The Morgan fingerprint density at radius 2 is 1.83 bits per heavy atom. The monoisotopic (exact) mass is 604 g/mol. The fourth-order valence-corrected chi connectivity index (χ4v) is 4.95. The Morgan fingerprint density at radius 3 is 2.48 bits per heavy atom. The number of hydrogen-bond donors (Lipinski definition) is 1. The number of alkyl halides is 2. The Labute approximate surface area is 246 Å². The number of halogens is 3. The molecule has 0 radical (unpaired) electrons. The fraction of sp³-hybridized carbons (Fsp3) is 0.367. The summed E-state index contributed by atoms with van der Waals surface area (Å²) in [6.45, 7) is -0.618. The minimum absolute atomic E-state index is 0.127. The smallest absolute Gasteiger partial charge is 0.387 e. The van der Waals surface area contributed by atoms with Crippen molar-refractivity contribution in [3.8, 4) is 22.6 Å². The second-order valence-corrected chi connectivity index (χ2v) is 9.98. The molecule has 4 rings (SSSR count). The molecule has 2 unspecified atom stereocenters. The number of carbonyl (C=O) groups is 2. The maximum atomic E-state index is 13.7. The van der Waals surface area contributed by atoms with Crippen molar-refractivity contribution in [3.63, 3.8) is 0 Å². The van der Waals surface area contributed by atoms with E-state index in [1.807, 2.05) is 0 Å². The number of hydrogen-bond acceptors (Lipinski definition) is 7. The second kappa shape index (κ2) is 14.3. The summed E-state index contributed by atoms with van der Waals surface area (Å²) in [7, 11) is 1.36. The van der Waals surface area contributed by atoms with Crippen molar-refractivity contribution in [3.05, 3.63) is 75.7 Å². The number of esters is 1. The third kappa shape index (κ3) is 7.65. The van der Waals surface area contributed by atoms with E-state index in [2.05, 4.69) is 10.1 Å². The van der Waals surface area contributed by atoms with E-state index in [9.17, 15) is 23.2 Å². The van der Waals surface area contributed by atoms with Gasteiger partial charge in [0.1, 0.15) is 17.5 Å². The number of rotatable bonds is 11. The van der Waals surface area contributed by atoms with Crippen LogP contribution in [-0.4, -0.2) is 49.5 Å². The highest BCUT2D eigenvalue weighted by atomic mass is 35.5. The zero-order chi connectivity index (χ0) is 30.2. The summed E-state index contributed by atoms with van der Waals surface area (Å²) in [4.78, 5) is 39.2. The highest BCUT2D eigenvalue weighted by molar-refractivity contribution is 6.31. The Hall–Kier alpha value is -3.96. The van der Waals surface area contributed by atoms with Crippen molar-refractivity contribution < 1.29 is 37.3 Å². The maximum absolute atomic E-state index is 13.7. The van der Waals surface area contributed by atoms with E-state index in [0.29, 0.717) is 17.9 Å². The Balaban J connectivity index is 1.70. The molecule has 2 atom stereocenters. The molecule has 0 saturated carbocycles. The molecule has 1 aliphatic rings. The van der Waals surface area contributed by atoms with Crippen molar-refractivity contribution in [2.45, 2.75) is 51.4 Å². The van der Waals surface area contributed by atoms with Gasteiger partial charge in [-0.1, -0.05) is 11.6 Å². The van der Waals surface area contributed by atoms with Crippen molar-refractivity contribution in [2.24, 2.45) is 0 Å². The third-order valence-corrected chi connectivity index (χ3v) is 7.01. The van der Waals surface area contributed by atoms with Crippen molar-refractivity contribution >= 4 is 29.2 Å². The minimum atomic E-state index is -3.11. The standard InChI is InChI=1S/C30H31ClF2N2O7/c1-3-40-29(38)18-7-10-20(11-8-18)34-28(37)24(15-21-6-4-5-13-41-21)35-17-26(39-2)23(16-27(35)36)22-14-19(31)9-12-25(22)42-30(32)33/h7-12,14,16-17,21,24,30H,3-6,13,15H2,1-2H3,(H,34,37). The van der Waals surface area contributed by atoms with Gasteiger partial charge in [0, 0.05) is 40.9 Å². The number of aromatic nitrogens is 1. The molecule has 2 aromatic carbocycles. The lowest BCUT2D eigenvalue weighted by Gasteiger charge is -2.28. The van der Waals surface area contributed by atoms with E-state index < -0.39 is 30.1 Å². The van der Waals surface area contributed by atoms with Gasteiger partial charge in [-0.05, 0) is 68.7 Å². The van der Waals surface area contributed by atoms with Crippen LogP contribution in [0.15, 0.2) is 59.5 Å². The number of pyridine rings is 1. The summed E-state index contributed by atoms with van der Waals surface area (Å²) in [5, 5.41) is 3.04. The summed E-state index contributed by atoms with van der Waals surface area (Å²) < 4.78 is 48.5. The first-order chi connectivity index (χ1) is 20.2. The van der Waals surface area contributed by atoms with E-state index >= 15 is 0 Å². The van der Waals surface area contributed by atoms with Crippen LogP contribution in [0.1, 0.15) is 49.0 Å². The first-order valence-corrected chi connectivity index (χ1v) is 13.8. The van der Waals surface area contributed by atoms with Gasteiger partial charge in [0.25, 0.3) is 5.56 Å². The van der Waals surface area contributed by atoms with Crippen LogP contribution in [0.5, 0.6) is 11.5 Å². The van der Waals surface area contributed by atoms with Crippen LogP contribution >= 0.6 is 11.6 Å². The number of ether oxygens (including phenoxy) is 4. The minimum Gasteiger partial charge on any atom is -0.495 e. The molecule has 0 bridgehead atoms. The Morgan fingerprint density at radius 1 is 1.10 bits per heavy atom. The van der Waals surface area contributed by atoms with E-state index in [1.54, 1.807) is 19.1 Å². The summed E-state index contributed by atoms with van der Waals surface area (Å²) in [5.41, 5.74) is 0.450. The lowest BCUT2D eigenvalue weighted by Crippen LogP contribution is -2.36. The molecular weight excluding hydrogens is 574 g/mol. The van der Waals surface area contributed by atoms with Crippen LogP contribution in [0.25, 0.3) is 11.1 Å². The van der Waals surface area contributed by atoms with Crippen LogP contribution in [0.4, 0.5) is 14.5 Å². The number of methoxy groups -OCH3 is 1. The molecule has 1 aromatic heterocycles. The van der Waals surface area contributed by atoms with Gasteiger partial charge in [-0.25, -0.2) is 4.79 Å². The van der Waals surface area contributed by atoms with Crippen molar-refractivity contribution in [1.29, 1.82) is 0 Å². The van der Waals surface area contributed by atoms with Gasteiger partial charge in [0.2, 0.25) is 5.91 Å². The van der Waals surface area contributed by atoms with Gasteiger partial charge >= 0.3 is 12.6 Å². The number of carbonyl (C=O) groups excluding carboxylic acids is 2. The van der Waals surface area contributed by atoms with Gasteiger partial charge in [-0.3, -0.25) is 14.2 Å². The van der Waals surface area contributed by atoms with Crippen LogP contribution in [-0.2, 0) is 14.3 Å². The number of amides is 1. The van der Waals surface area contributed by atoms with Gasteiger partial charge in [-0.15, -0.1) is 0 Å². The zero-order valence-corrected chi connectivity index (χ0v) is 23.9. The Bertz CT molecular complexity index is 1460. The zero-order valence-electron chi connectivity index (χ0n) is 23.1. The van der Waals surface area contributed by atoms with Gasteiger partial charge in [0.15, 0.2) is 0 Å². The average Bonchev–Trinajstić information content (AvgIpc) is 2.97. The molecule has 1 aliphatic heterocycles. The molecule has 42 heavy (non-hydrogen) atoms. The topological polar surface area (TPSA) is 105 Å². The molecule has 1 N–H and O–H groups in total.